The average molecular weight is 706 g/mol. The third kappa shape index (κ3) is 6.66. The minimum Gasteiger partial charge on any atom is -0.508 e. The van der Waals surface area contributed by atoms with Crippen molar-refractivity contribution in [1.29, 1.82) is 0 Å². The first-order valence-corrected chi connectivity index (χ1v) is 18.6. The fourth-order valence-electron chi connectivity index (χ4n) is 9.02. The Hall–Kier alpha value is -3.87. The van der Waals surface area contributed by atoms with E-state index in [0.29, 0.717) is 49.4 Å². The standard InChI is InChI=1S/C37H43F2N5O5.C2H6/c1-47-35-30-33(31(39)32(40-35)26-19-25(46)18-22-6-2-8-27(38)29(22)26)41-36(42-34(30)43-14-4-7-24(45)20-43)49-21-37-12-3-9-28(37)44(15-5-13-37)23-10-16-48-17-11-23;1-2/h2,6,8,18-19,23-24,28,45-46H,3-5,7,9-17,20-21H2,1H3;1-2H3. The highest BCUT2D eigenvalue weighted by Crippen LogP contribution is 2.49. The molecule has 4 fully saturated rings. The number of rotatable bonds is 7. The number of methoxy groups -OCH3 is 1. The fourth-order valence-corrected chi connectivity index (χ4v) is 9.02. The van der Waals surface area contributed by atoms with Gasteiger partial charge in [-0.2, -0.15) is 9.97 Å². The van der Waals surface area contributed by atoms with E-state index in [1.54, 1.807) is 6.07 Å². The van der Waals surface area contributed by atoms with Crippen LogP contribution in [0.5, 0.6) is 17.6 Å². The van der Waals surface area contributed by atoms with Crippen molar-refractivity contribution in [1.82, 2.24) is 19.9 Å². The van der Waals surface area contributed by atoms with Crippen LogP contribution in [0.1, 0.15) is 71.6 Å². The molecule has 8 rings (SSSR count). The van der Waals surface area contributed by atoms with Crippen LogP contribution in [0.4, 0.5) is 14.6 Å². The van der Waals surface area contributed by atoms with Gasteiger partial charge >= 0.3 is 6.01 Å². The molecule has 3 aliphatic heterocycles. The molecule has 2 N–H and O–H groups in total. The van der Waals surface area contributed by atoms with Gasteiger partial charge in [-0.25, -0.2) is 13.8 Å². The molecule has 0 bridgehead atoms. The molecule has 0 amide bonds. The van der Waals surface area contributed by atoms with E-state index in [4.69, 9.17) is 19.2 Å². The lowest BCUT2D eigenvalue weighted by atomic mass is 9.74. The number of piperidine rings is 2. The molecule has 5 heterocycles. The zero-order valence-electron chi connectivity index (χ0n) is 29.8. The summed E-state index contributed by atoms with van der Waals surface area (Å²) in [6, 6.07) is 8.14. The number of aromatic nitrogens is 3. The minimum absolute atomic E-state index is 0.0378. The smallest absolute Gasteiger partial charge is 0.319 e. The van der Waals surface area contributed by atoms with Gasteiger partial charge in [-0.3, -0.25) is 4.90 Å². The molecule has 274 valence electrons. The van der Waals surface area contributed by atoms with Gasteiger partial charge in [0.25, 0.3) is 0 Å². The molecule has 10 nitrogen and oxygen atoms in total. The zero-order valence-corrected chi connectivity index (χ0v) is 29.8. The number of nitrogens with zero attached hydrogens (tertiary/aromatic N) is 5. The minimum atomic E-state index is -0.808. The Morgan fingerprint density at radius 1 is 0.961 bits per heavy atom. The molecule has 12 heteroatoms. The van der Waals surface area contributed by atoms with E-state index in [1.165, 1.54) is 31.4 Å². The Morgan fingerprint density at radius 3 is 2.55 bits per heavy atom. The summed E-state index contributed by atoms with van der Waals surface area (Å²) >= 11 is 0. The lowest BCUT2D eigenvalue weighted by Gasteiger charge is -2.50. The summed E-state index contributed by atoms with van der Waals surface area (Å²) in [5, 5.41) is 21.9. The van der Waals surface area contributed by atoms with Crippen molar-refractivity contribution in [3.8, 4) is 28.9 Å². The molecular weight excluding hydrogens is 656 g/mol. The number of pyridine rings is 1. The monoisotopic (exact) mass is 705 g/mol. The third-order valence-corrected chi connectivity index (χ3v) is 11.3. The number of aliphatic hydroxyl groups excluding tert-OH is 1. The predicted molar refractivity (Wildman–Crippen MR) is 193 cm³/mol. The molecule has 3 unspecified atom stereocenters. The summed E-state index contributed by atoms with van der Waals surface area (Å²) in [6.45, 7) is 7.97. The number of phenols is 1. The predicted octanol–water partition coefficient (Wildman–Crippen LogP) is 7.02. The van der Waals surface area contributed by atoms with Gasteiger partial charge in [0.05, 0.1) is 19.8 Å². The van der Waals surface area contributed by atoms with Gasteiger partial charge in [0.1, 0.15) is 34.0 Å². The number of aliphatic hydroxyl groups is 1. The quantitative estimate of drug-likeness (QED) is 0.208. The molecule has 0 spiro atoms. The van der Waals surface area contributed by atoms with Gasteiger partial charge in [-0.15, -0.1) is 0 Å². The molecule has 2 aromatic carbocycles. The summed E-state index contributed by atoms with van der Waals surface area (Å²) in [5.41, 5.74) is -0.278. The fraction of sp³-hybridized carbons (Fsp3) is 0.564. The maximum atomic E-state index is 17.0. The van der Waals surface area contributed by atoms with Crippen molar-refractivity contribution < 1.29 is 33.2 Å². The van der Waals surface area contributed by atoms with E-state index in [1.807, 2.05) is 18.7 Å². The molecular formula is C39H49F2N5O5. The number of likely N-dealkylation sites (tertiary alicyclic amines) is 1. The number of fused-ring (bicyclic) bond motifs is 3. The molecule has 4 aromatic rings. The van der Waals surface area contributed by atoms with Crippen LogP contribution in [-0.4, -0.2) is 94.8 Å². The molecule has 3 atom stereocenters. The van der Waals surface area contributed by atoms with E-state index < -0.39 is 17.7 Å². The number of aromatic hydroxyl groups is 1. The molecule has 2 aromatic heterocycles. The first-order valence-electron chi connectivity index (χ1n) is 18.6. The molecule has 1 aliphatic carbocycles. The lowest BCUT2D eigenvalue weighted by molar-refractivity contribution is -0.0511. The van der Waals surface area contributed by atoms with Crippen molar-refractivity contribution in [3.63, 3.8) is 0 Å². The van der Waals surface area contributed by atoms with Crippen LogP contribution in [-0.2, 0) is 4.74 Å². The van der Waals surface area contributed by atoms with Crippen LogP contribution in [0.15, 0.2) is 30.3 Å². The van der Waals surface area contributed by atoms with E-state index in [9.17, 15) is 10.2 Å². The second-order valence-electron chi connectivity index (χ2n) is 14.2. The maximum Gasteiger partial charge on any atom is 0.319 e. The Balaban J connectivity index is 0.00000200. The molecule has 3 saturated heterocycles. The highest BCUT2D eigenvalue weighted by atomic mass is 19.1. The molecule has 51 heavy (non-hydrogen) atoms. The van der Waals surface area contributed by atoms with Crippen molar-refractivity contribution in [3.05, 3.63) is 42.0 Å². The summed E-state index contributed by atoms with van der Waals surface area (Å²) in [6.07, 6.45) is 8.30. The van der Waals surface area contributed by atoms with Crippen molar-refractivity contribution in [2.75, 3.05) is 51.5 Å². The SMILES string of the molecule is CC.COc1nc(-c2cc(O)cc3cccc(F)c23)c(F)c2nc(OCC34CCCC3N(C3CCOCC3)CCC4)nc(N3CCCC(O)C3)c12. The van der Waals surface area contributed by atoms with Gasteiger partial charge in [-0.05, 0) is 81.5 Å². The lowest BCUT2D eigenvalue weighted by Crippen LogP contribution is -2.56. The first kappa shape index (κ1) is 35.5. The van der Waals surface area contributed by atoms with Gasteiger partial charge in [0.15, 0.2) is 5.82 Å². The third-order valence-electron chi connectivity index (χ3n) is 11.3. The normalized spacial score (nSPS) is 24.3. The average Bonchev–Trinajstić information content (AvgIpc) is 3.59. The maximum absolute atomic E-state index is 17.0. The van der Waals surface area contributed by atoms with Crippen LogP contribution in [0.2, 0.25) is 0 Å². The molecule has 0 radical (unpaired) electrons. The van der Waals surface area contributed by atoms with E-state index in [2.05, 4.69) is 14.9 Å². The Bertz CT molecular complexity index is 1870. The second-order valence-corrected chi connectivity index (χ2v) is 14.2. The summed E-state index contributed by atoms with van der Waals surface area (Å²) in [4.78, 5) is 18.7. The number of halogens is 2. The number of hydrogen-bond donors (Lipinski definition) is 2. The summed E-state index contributed by atoms with van der Waals surface area (Å²) in [7, 11) is 1.43. The van der Waals surface area contributed by atoms with Crippen molar-refractivity contribution in [2.45, 2.75) is 89.8 Å². The highest BCUT2D eigenvalue weighted by molar-refractivity contribution is 6.02. The van der Waals surface area contributed by atoms with Crippen LogP contribution in [0.3, 0.4) is 0 Å². The molecule has 4 aliphatic rings. The summed E-state index contributed by atoms with van der Waals surface area (Å²) < 4.78 is 50.2. The van der Waals surface area contributed by atoms with Gasteiger partial charge < -0.3 is 29.3 Å². The Morgan fingerprint density at radius 2 is 1.76 bits per heavy atom. The molecule has 1 saturated carbocycles. The van der Waals surface area contributed by atoms with Gasteiger partial charge in [-0.1, -0.05) is 32.4 Å². The Labute approximate surface area is 297 Å². The van der Waals surface area contributed by atoms with E-state index in [0.717, 1.165) is 71.1 Å². The number of ether oxygens (including phenoxy) is 3. The Kier molecular flexibility index (Phi) is 10.5. The second kappa shape index (κ2) is 15.0. The van der Waals surface area contributed by atoms with Crippen molar-refractivity contribution >= 4 is 27.5 Å². The summed E-state index contributed by atoms with van der Waals surface area (Å²) in [5.74, 6) is -1.12. The van der Waals surface area contributed by atoms with Crippen LogP contribution in [0, 0.1) is 17.0 Å². The van der Waals surface area contributed by atoms with Crippen LogP contribution < -0.4 is 14.4 Å². The largest absolute Gasteiger partial charge is 0.508 e. The van der Waals surface area contributed by atoms with Crippen LogP contribution in [0.25, 0.3) is 32.9 Å². The van der Waals surface area contributed by atoms with E-state index in [-0.39, 0.29) is 50.6 Å². The van der Waals surface area contributed by atoms with E-state index >= 15 is 8.78 Å². The number of hydrogen-bond acceptors (Lipinski definition) is 10. The number of phenolic OH excluding ortho intramolecular Hbond substituents is 1. The number of β-amino-alcohol motifs (C(OH)–C–C–N with tert-alkyl or cyclic N) is 1. The highest BCUT2D eigenvalue weighted by Gasteiger charge is 2.50. The van der Waals surface area contributed by atoms with Crippen LogP contribution >= 0.6 is 0 Å². The number of anilines is 1. The first-order chi connectivity index (χ1) is 24.8. The zero-order chi connectivity index (χ0) is 35.7. The topological polar surface area (TPSA) is 113 Å². The van der Waals surface area contributed by atoms with Crippen molar-refractivity contribution in [2.24, 2.45) is 5.41 Å². The van der Waals surface area contributed by atoms with Gasteiger partial charge in [0.2, 0.25) is 5.88 Å². The number of benzene rings is 2. The van der Waals surface area contributed by atoms with Gasteiger partial charge in [0, 0.05) is 54.8 Å².